The summed E-state index contributed by atoms with van der Waals surface area (Å²) in [7, 11) is -4.06. The van der Waals surface area contributed by atoms with Crippen LogP contribution in [0.4, 0.5) is 0 Å². The maximum Gasteiger partial charge on any atom is 0.297 e. The fraction of sp³-hybridized carbons (Fsp3) is 0.500. The van der Waals surface area contributed by atoms with Crippen molar-refractivity contribution in [3.05, 3.63) is 42.5 Å². The highest BCUT2D eigenvalue weighted by Gasteiger charge is 2.44. The van der Waals surface area contributed by atoms with E-state index in [1.807, 2.05) is 6.92 Å². The van der Waals surface area contributed by atoms with Crippen LogP contribution in [0.5, 0.6) is 0 Å². The van der Waals surface area contributed by atoms with Crippen LogP contribution in [0.15, 0.2) is 41.8 Å². The summed E-state index contributed by atoms with van der Waals surface area (Å²) in [6.07, 6.45) is -5.62. The minimum Gasteiger partial charge on any atom is -0.387 e. The highest BCUT2D eigenvalue weighted by atomic mass is 32.2. The third-order valence-corrected chi connectivity index (χ3v) is 5.04. The number of ether oxygens (including phenoxy) is 2. The van der Waals surface area contributed by atoms with Crippen molar-refractivity contribution in [2.45, 2.75) is 42.5 Å². The van der Waals surface area contributed by atoms with Gasteiger partial charge >= 0.3 is 0 Å². The topological polar surface area (TPSA) is 123 Å². The van der Waals surface area contributed by atoms with Crippen LogP contribution in [0.3, 0.4) is 0 Å². The lowest BCUT2D eigenvalue weighted by Gasteiger charge is -2.39. The number of aliphatic hydroxyl groups is 3. The summed E-state index contributed by atoms with van der Waals surface area (Å²) in [5.41, 5.74) is 0.893. The minimum atomic E-state index is -4.06. The Balaban J connectivity index is 2.04. The lowest BCUT2D eigenvalue weighted by atomic mass is 9.99. The first-order valence-electron chi connectivity index (χ1n) is 7.64. The van der Waals surface area contributed by atoms with Gasteiger partial charge in [0.2, 0.25) is 0 Å². The maximum atomic E-state index is 12.2. The summed E-state index contributed by atoms with van der Waals surface area (Å²) in [6.45, 7) is 4.77. The van der Waals surface area contributed by atoms with Crippen LogP contribution >= 0.6 is 0 Å². The molecule has 1 heterocycles. The molecule has 1 fully saturated rings. The zero-order valence-electron chi connectivity index (χ0n) is 13.7. The summed E-state index contributed by atoms with van der Waals surface area (Å²) in [4.78, 5) is -0.0385. The zero-order valence-corrected chi connectivity index (χ0v) is 14.5. The molecule has 3 N–H and O–H groups in total. The van der Waals surface area contributed by atoms with Crippen LogP contribution in [-0.2, 0) is 23.8 Å². The van der Waals surface area contributed by atoms with Gasteiger partial charge in [-0.25, -0.2) is 0 Å². The molecule has 0 aromatic heterocycles. The van der Waals surface area contributed by atoms with Gasteiger partial charge in [0.1, 0.15) is 24.4 Å². The van der Waals surface area contributed by atoms with Crippen molar-refractivity contribution in [3.63, 3.8) is 0 Å². The van der Waals surface area contributed by atoms with Crippen LogP contribution in [-0.4, -0.2) is 67.7 Å². The molecule has 25 heavy (non-hydrogen) atoms. The number of hydrogen-bond donors (Lipinski definition) is 3. The van der Waals surface area contributed by atoms with Crippen molar-refractivity contribution in [1.82, 2.24) is 0 Å². The largest absolute Gasteiger partial charge is 0.387 e. The number of benzene rings is 1. The molecule has 9 heteroatoms. The molecule has 2 rings (SSSR count). The molecule has 0 saturated carbocycles. The molecule has 0 unspecified atom stereocenters. The molecular weight excluding hydrogens is 352 g/mol. The number of aryl methyl sites for hydroxylation is 1. The van der Waals surface area contributed by atoms with Gasteiger partial charge < -0.3 is 24.8 Å². The van der Waals surface area contributed by atoms with Gasteiger partial charge in [-0.1, -0.05) is 23.8 Å². The van der Waals surface area contributed by atoms with Gasteiger partial charge in [-0.05, 0) is 19.1 Å². The summed E-state index contributed by atoms with van der Waals surface area (Å²) >= 11 is 0. The van der Waals surface area contributed by atoms with Crippen LogP contribution in [0.1, 0.15) is 5.56 Å². The molecule has 0 aliphatic carbocycles. The van der Waals surface area contributed by atoms with Crippen LogP contribution < -0.4 is 0 Å². The minimum absolute atomic E-state index is 0.0385. The van der Waals surface area contributed by atoms with Crippen molar-refractivity contribution in [2.75, 3.05) is 13.2 Å². The van der Waals surface area contributed by atoms with Crippen molar-refractivity contribution in [3.8, 4) is 0 Å². The summed E-state index contributed by atoms with van der Waals surface area (Å²) < 4.78 is 39.7. The molecule has 1 aliphatic rings. The third-order valence-electron chi connectivity index (χ3n) is 3.74. The molecule has 0 spiro atoms. The van der Waals surface area contributed by atoms with Gasteiger partial charge in [0.15, 0.2) is 6.29 Å². The second kappa shape index (κ2) is 8.37. The normalized spacial score (nSPS) is 30.2. The number of hydrogen-bond acceptors (Lipinski definition) is 8. The average molecular weight is 374 g/mol. The summed E-state index contributed by atoms with van der Waals surface area (Å²) in [6, 6.07) is 6.05. The Labute approximate surface area is 146 Å². The first-order valence-corrected chi connectivity index (χ1v) is 9.05. The molecule has 8 nitrogen and oxygen atoms in total. The smallest absolute Gasteiger partial charge is 0.297 e. The van der Waals surface area contributed by atoms with E-state index >= 15 is 0 Å². The second-order valence-corrected chi connectivity index (χ2v) is 7.30. The Morgan fingerprint density at radius 2 is 1.80 bits per heavy atom. The summed E-state index contributed by atoms with van der Waals surface area (Å²) in [5, 5.41) is 29.7. The van der Waals surface area contributed by atoms with E-state index in [1.54, 1.807) is 12.1 Å². The number of rotatable bonds is 7. The monoisotopic (exact) mass is 374 g/mol. The van der Waals surface area contributed by atoms with E-state index < -0.39 is 47.4 Å². The SMILES string of the molecule is C=CCO[C@H]1O[C@H](COS(=O)(=O)c2ccc(C)cc2)[C@@H](O)[C@H](O)[C@H]1O. The molecular formula is C16H22O8S. The van der Waals surface area contributed by atoms with Crippen LogP contribution in [0.25, 0.3) is 0 Å². The van der Waals surface area contributed by atoms with E-state index in [1.165, 1.54) is 18.2 Å². The highest BCUT2D eigenvalue weighted by Crippen LogP contribution is 2.23. The molecule has 0 bridgehead atoms. The van der Waals surface area contributed by atoms with Gasteiger partial charge in [0, 0.05) is 0 Å². The van der Waals surface area contributed by atoms with Crippen molar-refractivity contribution in [2.24, 2.45) is 0 Å². The van der Waals surface area contributed by atoms with Crippen molar-refractivity contribution in [1.29, 1.82) is 0 Å². The molecule has 140 valence electrons. The fourth-order valence-electron chi connectivity index (χ4n) is 2.28. The van der Waals surface area contributed by atoms with Crippen LogP contribution in [0.2, 0.25) is 0 Å². The zero-order chi connectivity index (χ0) is 18.6. The second-order valence-electron chi connectivity index (χ2n) is 5.69. The molecule has 1 aliphatic heterocycles. The van der Waals surface area contributed by atoms with Gasteiger partial charge in [0.25, 0.3) is 10.1 Å². The van der Waals surface area contributed by atoms with E-state index in [4.69, 9.17) is 13.7 Å². The predicted octanol–water partition coefficient (Wildman–Crippen LogP) is -0.289. The third kappa shape index (κ3) is 4.85. The van der Waals surface area contributed by atoms with Gasteiger partial charge in [-0.15, -0.1) is 6.58 Å². The quantitative estimate of drug-likeness (QED) is 0.440. The fourth-order valence-corrected chi connectivity index (χ4v) is 3.20. The Morgan fingerprint density at radius 3 is 2.40 bits per heavy atom. The molecule has 5 atom stereocenters. The Hall–Kier alpha value is -1.33. The highest BCUT2D eigenvalue weighted by molar-refractivity contribution is 7.86. The Morgan fingerprint density at radius 1 is 1.16 bits per heavy atom. The van der Waals surface area contributed by atoms with Gasteiger partial charge in [-0.3, -0.25) is 4.18 Å². The van der Waals surface area contributed by atoms with E-state index in [-0.39, 0.29) is 11.5 Å². The van der Waals surface area contributed by atoms with Crippen LogP contribution in [0, 0.1) is 6.92 Å². The Bertz CT molecular complexity index is 672. The molecule has 0 amide bonds. The lowest BCUT2D eigenvalue weighted by Crippen LogP contribution is -2.59. The molecule has 0 radical (unpaired) electrons. The molecule has 1 aromatic rings. The van der Waals surface area contributed by atoms with Gasteiger partial charge in [-0.2, -0.15) is 8.42 Å². The first-order chi connectivity index (χ1) is 11.8. The number of aliphatic hydroxyl groups excluding tert-OH is 3. The van der Waals surface area contributed by atoms with E-state index in [0.717, 1.165) is 5.56 Å². The van der Waals surface area contributed by atoms with Crippen molar-refractivity contribution >= 4 is 10.1 Å². The standard InChI is InChI=1S/C16H22O8S/c1-3-8-22-16-15(19)14(18)13(17)12(24-16)9-23-25(20,21)11-6-4-10(2)5-7-11/h3-7,12-19H,1,8-9H2,2H3/t12-,13-,14+,15-,16+/m1/s1. The Kier molecular flexibility index (Phi) is 6.69. The van der Waals surface area contributed by atoms with E-state index in [2.05, 4.69) is 6.58 Å². The van der Waals surface area contributed by atoms with E-state index in [9.17, 15) is 23.7 Å². The predicted molar refractivity (Wildman–Crippen MR) is 87.1 cm³/mol. The average Bonchev–Trinajstić information content (AvgIpc) is 2.58. The molecule has 1 saturated heterocycles. The lowest BCUT2D eigenvalue weighted by molar-refractivity contribution is -0.297. The molecule has 1 aromatic carbocycles. The summed E-state index contributed by atoms with van der Waals surface area (Å²) in [5.74, 6) is 0. The maximum absolute atomic E-state index is 12.2. The van der Waals surface area contributed by atoms with E-state index in [0.29, 0.717) is 0 Å². The van der Waals surface area contributed by atoms with Crippen molar-refractivity contribution < 1.29 is 37.4 Å². The first kappa shape index (κ1) is 20.0. The van der Waals surface area contributed by atoms with Gasteiger partial charge in [0.05, 0.1) is 18.1 Å².